The van der Waals surface area contributed by atoms with Crippen LogP contribution in [0.1, 0.15) is 36.4 Å². The number of benzene rings is 4. The van der Waals surface area contributed by atoms with E-state index >= 15 is 0 Å². The molecule has 0 radical (unpaired) electrons. The van der Waals surface area contributed by atoms with Gasteiger partial charge in [0.2, 0.25) is 0 Å². The van der Waals surface area contributed by atoms with Crippen LogP contribution in [0.5, 0.6) is 5.75 Å². The van der Waals surface area contributed by atoms with Crippen molar-refractivity contribution >= 4 is 39.8 Å². The average molecular weight is 563 g/mol. The van der Waals surface area contributed by atoms with Gasteiger partial charge in [-0.2, -0.15) is 5.10 Å². The van der Waals surface area contributed by atoms with Gasteiger partial charge < -0.3 is 4.74 Å². The molecule has 210 valence electrons. The lowest BCUT2D eigenvalue weighted by molar-refractivity contribution is -0.385. The molecule has 0 bridgehead atoms. The Hall–Kier alpha value is -5.38. The monoisotopic (exact) mass is 562 g/mol. The third-order valence-electron chi connectivity index (χ3n) is 7.73. The maximum Gasteiger partial charge on any atom is 0.281 e. The van der Waals surface area contributed by atoms with Crippen molar-refractivity contribution < 1.29 is 19.4 Å². The molecule has 10 nitrogen and oxygen atoms in total. The Labute approximate surface area is 240 Å². The van der Waals surface area contributed by atoms with Crippen LogP contribution in [0.4, 0.5) is 11.4 Å². The van der Waals surface area contributed by atoms with Crippen LogP contribution in [0, 0.1) is 26.1 Å². The highest BCUT2D eigenvalue weighted by atomic mass is 16.6. The first-order valence-corrected chi connectivity index (χ1v) is 13.6. The number of nitro benzene ring substituents is 2. The summed E-state index contributed by atoms with van der Waals surface area (Å²) in [7, 11) is 0. The number of nitro groups is 2. The highest BCUT2D eigenvalue weighted by Crippen LogP contribution is 2.44. The van der Waals surface area contributed by atoms with Gasteiger partial charge in [0.1, 0.15) is 5.75 Å². The average Bonchev–Trinajstić information content (AvgIpc) is 3.41. The molecule has 2 unspecified atom stereocenters. The molecule has 1 amide bonds. The maximum atomic E-state index is 13.7. The molecule has 1 heterocycles. The molecule has 0 N–H and O–H groups in total. The van der Waals surface area contributed by atoms with Crippen molar-refractivity contribution in [3.05, 3.63) is 128 Å². The van der Waals surface area contributed by atoms with E-state index in [1.165, 1.54) is 29.3 Å². The number of amides is 1. The summed E-state index contributed by atoms with van der Waals surface area (Å²) < 4.78 is 5.91. The lowest BCUT2D eigenvalue weighted by atomic mass is 9.77. The van der Waals surface area contributed by atoms with Crippen LogP contribution in [0.15, 0.2) is 102 Å². The number of fused-ring (bicyclic) bond motifs is 2. The predicted molar refractivity (Wildman–Crippen MR) is 158 cm³/mol. The van der Waals surface area contributed by atoms with Gasteiger partial charge in [0.25, 0.3) is 17.3 Å². The summed E-state index contributed by atoms with van der Waals surface area (Å²) in [6.45, 7) is -0.229. The van der Waals surface area contributed by atoms with E-state index in [1.54, 1.807) is 24.3 Å². The lowest BCUT2D eigenvalue weighted by Crippen LogP contribution is -2.34. The normalized spacial score (nSPS) is 18.9. The van der Waals surface area contributed by atoms with Crippen molar-refractivity contribution in [3.8, 4) is 5.75 Å². The molecule has 2 aliphatic rings. The number of rotatable bonds is 7. The standard InChI is InChI=1S/C32H26N4O6/c37-30(20-42-28-17-12-22-4-1-2-5-24(22)19-28)34-32(23-10-15-27(16-11-23)36(40)41)29-7-3-6-25(31(29)33-34)18-21-8-13-26(14-9-21)35(38)39/h1-2,4-5,8-19,29,32H,3,6-7,20H2/b25-18+. The van der Waals surface area contributed by atoms with Crippen molar-refractivity contribution in [3.63, 3.8) is 0 Å². The van der Waals surface area contributed by atoms with Crippen LogP contribution >= 0.6 is 0 Å². The Morgan fingerprint density at radius 3 is 2.26 bits per heavy atom. The highest BCUT2D eigenvalue weighted by Gasteiger charge is 2.44. The fourth-order valence-corrected chi connectivity index (χ4v) is 5.70. The van der Waals surface area contributed by atoms with Crippen molar-refractivity contribution in [1.29, 1.82) is 0 Å². The molecular weight excluding hydrogens is 536 g/mol. The van der Waals surface area contributed by atoms with E-state index in [9.17, 15) is 25.0 Å². The summed E-state index contributed by atoms with van der Waals surface area (Å²) in [6.07, 6.45) is 4.35. The van der Waals surface area contributed by atoms with E-state index in [0.29, 0.717) is 5.75 Å². The molecule has 1 aliphatic heterocycles. The van der Waals surface area contributed by atoms with Gasteiger partial charge in [0.05, 0.1) is 21.6 Å². The number of non-ortho nitro benzene ring substituents is 2. The predicted octanol–water partition coefficient (Wildman–Crippen LogP) is 6.86. The molecule has 10 heteroatoms. The van der Waals surface area contributed by atoms with Gasteiger partial charge in [-0.1, -0.05) is 42.5 Å². The molecule has 4 aromatic carbocycles. The largest absolute Gasteiger partial charge is 0.484 e. The molecule has 42 heavy (non-hydrogen) atoms. The number of ether oxygens (including phenoxy) is 1. The van der Waals surface area contributed by atoms with E-state index in [-0.39, 0.29) is 29.8 Å². The molecule has 1 saturated carbocycles. The first-order chi connectivity index (χ1) is 20.4. The number of nitrogens with zero attached hydrogens (tertiary/aromatic N) is 4. The van der Waals surface area contributed by atoms with Crippen LogP contribution in [-0.4, -0.2) is 33.1 Å². The van der Waals surface area contributed by atoms with Crippen LogP contribution in [0.3, 0.4) is 0 Å². The summed E-state index contributed by atoms with van der Waals surface area (Å²) in [5.74, 6) is 0.120. The van der Waals surface area contributed by atoms with E-state index in [0.717, 1.165) is 52.4 Å². The van der Waals surface area contributed by atoms with E-state index in [2.05, 4.69) is 0 Å². The van der Waals surface area contributed by atoms with Gasteiger partial charge in [0, 0.05) is 30.2 Å². The summed E-state index contributed by atoms with van der Waals surface area (Å²) in [4.78, 5) is 35.1. The van der Waals surface area contributed by atoms with Crippen LogP contribution in [0.25, 0.3) is 16.8 Å². The quantitative estimate of drug-likeness (QED) is 0.179. The number of carbonyl (C=O) groups excluding carboxylic acids is 1. The van der Waals surface area contributed by atoms with Crippen LogP contribution in [0.2, 0.25) is 0 Å². The van der Waals surface area contributed by atoms with Crippen molar-refractivity contribution in [2.75, 3.05) is 6.61 Å². The minimum Gasteiger partial charge on any atom is -0.484 e. The fourth-order valence-electron chi connectivity index (χ4n) is 5.70. The summed E-state index contributed by atoms with van der Waals surface area (Å²) in [6, 6.07) is 25.6. The summed E-state index contributed by atoms with van der Waals surface area (Å²) in [5.41, 5.74) is 3.27. The maximum absolute atomic E-state index is 13.7. The third-order valence-corrected chi connectivity index (χ3v) is 7.73. The molecular formula is C32H26N4O6. The first-order valence-electron chi connectivity index (χ1n) is 13.6. The Morgan fingerprint density at radius 2 is 1.57 bits per heavy atom. The minimum absolute atomic E-state index is 0.0123. The van der Waals surface area contributed by atoms with Gasteiger partial charge in [0.15, 0.2) is 6.61 Å². The molecule has 1 aliphatic carbocycles. The molecule has 2 atom stereocenters. The zero-order valence-corrected chi connectivity index (χ0v) is 22.5. The molecule has 4 aromatic rings. The number of allylic oxidation sites excluding steroid dienone is 1. The molecule has 0 saturated heterocycles. The van der Waals surface area contributed by atoms with Crippen molar-refractivity contribution in [2.45, 2.75) is 25.3 Å². The first kappa shape index (κ1) is 26.8. The Morgan fingerprint density at radius 1 is 0.905 bits per heavy atom. The van der Waals surface area contributed by atoms with Crippen LogP contribution < -0.4 is 4.74 Å². The molecule has 6 rings (SSSR count). The van der Waals surface area contributed by atoms with E-state index in [4.69, 9.17) is 9.84 Å². The zero-order chi connectivity index (χ0) is 29.2. The smallest absolute Gasteiger partial charge is 0.281 e. The molecule has 0 aromatic heterocycles. The Kier molecular flexibility index (Phi) is 7.18. The number of hydrogen-bond acceptors (Lipinski definition) is 7. The van der Waals surface area contributed by atoms with Gasteiger partial charge in [-0.15, -0.1) is 0 Å². The second-order valence-electron chi connectivity index (χ2n) is 10.3. The van der Waals surface area contributed by atoms with E-state index in [1.807, 2.05) is 48.5 Å². The van der Waals surface area contributed by atoms with Gasteiger partial charge in [-0.25, -0.2) is 5.01 Å². The van der Waals surface area contributed by atoms with Crippen molar-refractivity contribution in [2.24, 2.45) is 11.0 Å². The van der Waals surface area contributed by atoms with Gasteiger partial charge in [-0.05, 0) is 77.1 Å². The lowest BCUT2D eigenvalue weighted by Gasteiger charge is -2.29. The Bertz CT molecular complexity index is 1750. The van der Waals surface area contributed by atoms with Gasteiger partial charge in [-0.3, -0.25) is 25.0 Å². The Balaban J connectivity index is 1.31. The number of hydrogen-bond donors (Lipinski definition) is 0. The van der Waals surface area contributed by atoms with Gasteiger partial charge >= 0.3 is 0 Å². The van der Waals surface area contributed by atoms with E-state index < -0.39 is 15.9 Å². The summed E-state index contributed by atoms with van der Waals surface area (Å²) in [5, 5.41) is 30.7. The molecule has 0 spiro atoms. The topological polar surface area (TPSA) is 128 Å². The second-order valence-corrected chi connectivity index (χ2v) is 10.3. The van der Waals surface area contributed by atoms with Crippen molar-refractivity contribution in [1.82, 2.24) is 5.01 Å². The number of carbonyl (C=O) groups is 1. The SMILES string of the molecule is O=C(COc1ccc2ccccc2c1)N1N=C2/C(=C/c3ccc([N+](=O)[O-])cc3)CCCC2C1c1ccc([N+](=O)[O-])cc1. The highest BCUT2D eigenvalue weighted by molar-refractivity contribution is 6.08. The minimum atomic E-state index is -0.452. The number of hydrazone groups is 1. The zero-order valence-electron chi connectivity index (χ0n) is 22.5. The summed E-state index contributed by atoms with van der Waals surface area (Å²) >= 11 is 0. The van der Waals surface area contributed by atoms with Crippen LogP contribution in [-0.2, 0) is 4.79 Å². The third kappa shape index (κ3) is 5.34. The second kappa shape index (κ2) is 11.2. The fraction of sp³-hybridized carbons (Fsp3) is 0.188. The molecule has 1 fully saturated rings.